The number of aromatic nitrogens is 3. The number of thiazole rings is 1. The number of fused-ring (bicyclic) bond motifs is 1. The maximum Gasteiger partial charge on any atom is 0.273 e. The third-order valence-corrected chi connectivity index (χ3v) is 6.54. The molecule has 0 saturated carbocycles. The topological polar surface area (TPSA) is 88.1 Å². The van der Waals surface area contributed by atoms with Gasteiger partial charge in [0.25, 0.3) is 11.8 Å². The van der Waals surface area contributed by atoms with Gasteiger partial charge < -0.3 is 10.2 Å². The number of carbonyl (C=O) groups excluding carboxylic acids is 2. The second-order valence-electron chi connectivity index (χ2n) is 7.24. The number of amides is 2. The highest BCUT2D eigenvalue weighted by Gasteiger charge is 2.31. The number of likely N-dealkylation sites (tertiary alicyclic amines) is 1. The molecule has 3 aromatic rings. The largest absolute Gasteiger partial charge is 0.346 e. The molecule has 3 aromatic heterocycles. The normalized spacial score (nSPS) is 19.3. The summed E-state index contributed by atoms with van der Waals surface area (Å²) in [6, 6.07) is 3.39. The number of aryl methyl sites for hydroxylation is 1. The molecule has 2 unspecified atom stereocenters. The van der Waals surface area contributed by atoms with Crippen molar-refractivity contribution in [3.05, 3.63) is 50.8 Å². The molecule has 0 radical (unpaired) electrons. The quantitative estimate of drug-likeness (QED) is 0.629. The van der Waals surface area contributed by atoms with Gasteiger partial charge in [0.1, 0.15) is 11.4 Å². The van der Waals surface area contributed by atoms with Crippen molar-refractivity contribution in [2.24, 2.45) is 5.92 Å². The molecule has 0 aromatic carbocycles. The first-order chi connectivity index (χ1) is 13.9. The van der Waals surface area contributed by atoms with E-state index in [4.69, 9.17) is 0 Å². The number of halogens is 1. The van der Waals surface area contributed by atoms with Crippen molar-refractivity contribution in [2.75, 3.05) is 13.1 Å². The van der Waals surface area contributed by atoms with Crippen LogP contribution in [0.25, 0.3) is 10.9 Å². The molecule has 1 aliphatic heterocycles. The van der Waals surface area contributed by atoms with Gasteiger partial charge in [-0.3, -0.25) is 14.6 Å². The molecule has 9 heteroatoms. The Morgan fingerprint density at radius 3 is 2.83 bits per heavy atom. The maximum atomic E-state index is 12.8. The van der Waals surface area contributed by atoms with E-state index in [-0.39, 0.29) is 23.8 Å². The number of hydrogen-bond acceptors (Lipinski definition) is 6. The minimum atomic E-state index is -0.244. The van der Waals surface area contributed by atoms with Gasteiger partial charge in [-0.05, 0) is 47.3 Å². The molecule has 29 heavy (non-hydrogen) atoms. The Labute approximate surface area is 180 Å². The highest BCUT2D eigenvalue weighted by molar-refractivity contribution is 9.10. The molecule has 4 heterocycles. The van der Waals surface area contributed by atoms with Crippen LogP contribution in [0.3, 0.4) is 0 Å². The van der Waals surface area contributed by atoms with Crippen LogP contribution in [0.4, 0.5) is 0 Å². The smallest absolute Gasteiger partial charge is 0.273 e. The number of piperidine rings is 1. The summed E-state index contributed by atoms with van der Waals surface area (Å²) in [7, 11) is 0. The van der Waals surface area contributed by atoms with Gasteiger partial charge in [-0.1, -0.05) is 6.92 Å². The molecule has 4 rings (SSSR count). The van der Waals surface area contributed by atoms with Gasteiger partial charge in [-0.2, -0.15) is 0 Å². The summed E-state index contributed by atoms with van der Waals surface area (Å²) in [4.78, 5) is 40.2. The molecular weight excluding hydrogens is 454 g/mol. The number of pyridine rings is 2. The Bertz CT molecular complexity index is 1090. The summed E-state index contributed by atoms with van der Waals surface area (Å²) in [6.45, 7) is 5.10. The van der Waals surface area contributed by atoms with Crippen LogP contribution in [0.1, 0.15) is 39.3 Å². The molecule has 0 bridgehead atoms. The van der Waals surface area contributed by atoms with Crippen LogP contribution >= 0.6 is 27.3 Å². The monoisotopic (exact) mass is 473 g/mol. The van der Waals surface area contributed by atoms with E-state index in [1.54, 1.807) is 28.7 Å². The number of rotatable bonds is 3. The Kier molecular flexibility index (Phi) is 5.60. The van der Waals surface area contributed by atoms with Crippen LogP contribution in [0.2, 0.25) is 0 Å². The molecule has 1 saturated heterocycles. The van der Waals surface area contributed by atoms with E-state index >= 15 is 0 Å². The van der Waals surface area contributed by atoms with Crippen LogP contribution < -0.4 is 5.32 Å². The van der Waals surface area contributed by atoms with E-state index in [0.717, 1.165) is 21.3 Å². The highest BCUT2D eigenvalue weighted by Crippen LogP contribution is 2.22. The molecule has 150 valence electrons. The minimum Gasteiger partial charge on any atom is -0.346 e. The lowest BCUT2D eigenvalue weighted by molar-refractivity contribution is 0.0619. The van der Waals surface area contributed by atoms with Crippen molar-refractivity contribution >= 4 is 50.0 Å². The van der Waals surface area contributed by atoms with E-state index in [9.17, 15) is 9.59 Å². The predicted octanol–water partition coefficient (Wildman–Crippen LogP) is 3.44. The lowest BCUT2D eigenvalue weighted by Gasteiger charge is -2.37. The van der Waals surface area contributed by atoms with Gasteiger partial charge in [-0.25, -0.2) is 9.97 Å². The van der Waals surface area contributed by atoms with Crippen molar-refractivity contribution < 1.29 is 9.59 Å². The number of carbonyl (C=O) groups is 2. The lowest BCUT2D eigenvalue weighted by atomic mass is 9.93. The van der Waals surface area contributed by atoms with Crippen LogP contribution in [-0.2, 0) is 0 Å². The van der Waals surface area contributed by atoms with Crippen LogP contribution in [0.15, 0.2) is 34.4 Å². The minimum absolute atomic E-state index is 0.0826. The first-order valence-electron chi connectivity index (χ1n) is 9.35. The molecule has 2 atom stereocenters. The molecule has 2 amide bonds. The first kappa shape index (κ1) is 19.9. The first-order valence-corrected chi connectivity index (χ1v) is 11.0. The molecule has 1 fully saturated rings. The summed E-state index contributed by atoms with van der Waals surface area (Å²) in [6.07, 6.45) is 4.19. The van der Waals surface area contributed by atoms with Crippen LogP contribution in [-0.4, -0.2) is 50.8 Å². The van der Waals surface area contributed by atoms with Gasteiger partial charge in [0.2, 0.25) is 0 Å². The van der Waals surface area contributed by atoms with E-state index in [0.29, 0.717) is 30.0 Å². The molecular formula is C20H20BrN5O2S. The lowest BCUT2D eigenvalue weighted by Crippen LogP contribution is -2.53. The van der Waals surface area contributed by atoms with Crippen molar-refractivity contribution in [3.63, 3.8) is 0 Å². The fourth-order valence-corrected chi connectivity index (χ4v) is 4.47. The Morgan fingerprint density at radius 1 is 1.24 bits per heavy atom. The Hall–Kier alpha value is -2.39. The standard InChI is InChI=1S/C20H20BrN5O2S/c1-11-5-6-26(20(28)17-10-29-12(2)23-17)9-16(11)25-19(27)15-4-3-13-7-22-8-14(21)18(13)24-15/h3-4,7-8,10-11,16H,5-6,9H2,1-2H3,(H,25,27). The molecule has 1 aliphatic rings. The number of nitrogens with zero attached hydrogens (tertiary/aromatic N) is 4. The summed E-state index contributed by atoms with van der Waals surface area (Å²) in [5.74, 6) is -0.0661. The average Bonchev–Trinajstić information content (AvgIpc) is 3.15. The van der Waals surface area contributed by atoms with Crippen molar-refractivity contribution in [3.8, 4) is 0 Å². The SMILES string of the molecule is Cc1nc(C(=O)N2CCC(C)C(NC(=O)c3ccc4cncc(Br)c4n3)C2)cs1. The van der Waals surface area contributed by atoms with E-state index in [2.05, 4.69) is 43.1 Å². The van der Waals surface area contributed by atoms with E-state index in [1.807, 2.05) is 13.0 Å². The van der Waals surface area contributed by atoms with Crippen molar-refractivity contribution in [2.45, 2.75) is 26.3 Å². The molecule has 7 nitrogen and oxygen atoms in total. The third-order valence-electron chi connectivity index (χ3n) is 5.19. The van der Waals surface area contributed by atoms with E-state index in [1.165, 1.54) is 11.3 Å². The van der Waals surface area contributed by atoms with E-state index < -0.39 is 0 Å². The van der Waals surface area contributed by atoms with Gasteiger partial charge in [0.15, 0.2) is 0 Å². The fourth-order valence-electron chi connectivity index (χ4n) is 3.44. The molecule has 1 N–H and O–H groups in total. The van der Waals surface area contributed by atoms with Crippen molar-refractivity contribution in [1.82, 2.24) is 25.2 Å². The summed E-state index contributed by atoms with van der Waals surface area (Å²) in [5.41, 5.74) is 1.51. The van der Waals surface area contributed by atoms with Gasteiger partial charge >= 0.3 is 0 Å². The summed E-state index contributed by atoms with van der Waals surface area (Å²) >= 11 is 4.89. The van der Waals surface area contributed by atoms with Crippen LogP contribution in [0.5, 0.6) is 0 Å². The highest BCUT2D eigenvalue weighted by atomic mass is 79.9. The number of nitrogens with one attached hydrogen (secondary N) is 1. The maximum absolute atomic E-state index is 12.8. The van der Waals surface area contributed by atoms with Gasteiger partial charge in [-0.15, -0.1) is 11.3 Å². The average molecular weight is 474 g/mol. The zero-order valence-electron chi connectivity index (χ0n) is 16.1. The number of hydrogen-bond donors (Lipinski definition) is 1. The fraction of sp³-hybridized carbons (Fsp3) is 0.350. The summed E-state index contributed by atoms with van der Waals surface area (Å²) in [5, 5.41) is 6.58. The summed E-state index contributed by atoms with van der Waals surface area (Å²) < 4.78 is 0.742. The zero-order chi connectivity index (χ0) is 20.5. The predicted molar refractivity (Wildman–Crippen MR) is 115 cm³/mol. The second kappa shape index (κ2) is 8.16. The molecule has 0 aliphatic carbocycles. The van der Waals surface area contributed by atoms with Gasteiger partial charge in [0, 0.05) is 42.3 Å². The van der Waals surface area contributed by atoms with Crippen molar-refractivity contribution in [1.29, 1.82) is 0 Å². The second-order valence-corrected chi connectivity index (χ2v) is 9.15. The Balaban J connectivity index is 1.49. The Morgan fingerprint density at radius 2 is 2.07 bits per heavy atom. The zero-order valence-corrected chi connectivity index (χ0v) is 18.5. The third kappa shape index (κ3) is 4.16. The van der Waals surface area contributed by atoms with Crippen LogP contribution in [0, 0.1) is 12.8 Å². The van der Waals surface area contributed by atoms with Gasteiger partial charge in [0.05, 0.1) is 15.0 Å². The molecule has 0 spiro atoms.